The van der Waals surface area contributed by atoms with E-state index in [2.05, 4.69) is 19.8 Å². The summed E-state index contributed by atoms with van der Waals surface area (Å²) in [5, 5.41) is 2.63. The smallest absolute Gasteiger partial charge is 0.365 e. The molecule has 1 saturated heterocycles. The van der Waals surface area contributed by atoms with Gasteiger partial charge in [0.2, 0.25) is 5.91 Å². The summed E-state index contributed by atoms with van der Waals surface area (Å²) in [6.07, 6.45) is -6.77. The molecular formula is C13H14F3N5O3. The number of morpholine rings is 1. The fraction of sp³-hybridized carbons (Fsp3) is 0.538. The number of aromatic nitrogens is 4. The van der Waals surface area contributed by atoms with E-state index in [4.69, 9.17) is 0 Å². The van der Waals surface area contributed by atoms with Gasteiger partial charge in [0.05, 0.1) is 19.6 Å². The van der Waals surface area contributed by atoms with Crippen molar-refractivity contribution in [2.75, 3.05) is 19.7 Å². The SMILES string of the molecule is Cc1cc(=O)n2[nH]c(CC(=O)N3CCO[C@@H](C(F)(F)F)C3)nc2n1. The van der Waals surface area contributed by atoms with Crippen molar-refractivity contribution in [1.29, 1.82) is 0 Å². The van der Waals surface area contributed by atoms with Crippen molar-refractivity contribution >= 4 is 11.7 Å². The highest BCUT2D eigenvalue weighted by atomic mass is 19.4. The van der Waals surface area contributed by atoms with E-state index in [9.17, 15) is 22.8 Å². The van der Waals surface area contributed by atoms with Gasteiger partial charge in [0.1, 0.15) is 5.82 Å². The summed E-state index contributed by atoms with van der Waals surface area (Å²) >= 11 is 0. The molecule has 2 aromatic heterocycles. The molecule has 130 valence electrons. The number of aryl methyl sites for hydroxylation is 1. The van der Waals surface area contributed by atoms with Gasteiger partial charge >= 0.3 is 6.18 Å². The number of carbonyl (C=O) groups is 1. The van der Waals surface area contributed by atoms with E-state index >= 15 is 0 Å². The molecule has 0 aromatic carbocycles. The minimum atomic E-state index is -4.52. The number of aromatic amines is 1. The van der Waals surface area contributed by atoms with E-state index in [1.807, 2.05) is 0 Å². The van der Waals surface area contributed by atoms with Crippen LogP contribution >= 0.6 is 0 Å². The van der Waals surface area contributed by atoms with E-state index < -0.39 is 24.7 Å². The van der Waals surface area contributed by atoms with Crippen LogP contribution in [0.2, 0.25) is 0 Å². The molecule has 3 heterocycles. The maximum absolute atomic E-state index is 12.7. The molecule has 8 nitrogen and oxygen atoms in total. The number of carbonyl (C=O) groups excluding carboxylic acids is 1. The number of nitrogens with one attached hydrogen (secondary N) is 1. The molecule has 0 saturated carbocycles. The maximum atomic E-state index is 12.7. The van der Waals surface area contributed by atoms with Crippen LogP contribution in [-0.2, 0) is 16.0 Å². The summed E-state index contributed by atoms with van der Waals surface area (Å²) < 4.78 is 43.8. The second-order valence-corrected chi connectivity index (χ2v) is 5.46. The molecule has 1 fully saturated rings. The summed E-state index contributed by atoms with van der Waals surface area (Å²) in [6.45, 7) is 0.963. The van der Waals surface area contributed by atoms with Crippen LogP contribution in [0, 0.1) is 6.92 Å². The maximum Gasteiger partial charge on any atom is 0.416 e. The first-order valence-electron chi connectivity index (χ1n) is 7.15. The van der Waals surface area contributed by atoms with E-state index in [0.29, 0.717) is 5.69 Å². The predicted octanol–water partition coefficient (Wildman–Crippen LogP) is 0.0582. The van der Waals surface area contributed by atoms with Crippen molar-refractivity contribution in [2.45, 2.75) is 25.6 Å². The number of amides is 1. The molecule has 0 aliphatic carbocycles. The number of rotatable bonds is 2. The van der Waals surface area contributed by atoms with Gasteiger partial charge < -0.3 is 9.64 Å². The van der Waals surface area contributed by atoms with Gasteiger partial charge in [-0.1, -0.05) is 0 Å². The molecule has 1 amide bonds. The molecule has 0 unspecified atom stereocenters. The third-order valence-electron chi connectivity index (χ3n) is 3.61. The van der Waals surface area contributed by atoms with Crippen molar-refractivity contribution in [1.82, 2.24) is 24.5 Å². The quantitative estimate of drug-likeness (QED) is 0.831. The second kappa shape index (κ2) is 5.89. The summed E-state index contributed by atoms with van der Waals surface area (Å²) in [5.41, 5.74) is 0.0952. The number of nitrogens with zero attached hydrogens (tertiary/aromatic N) is 4. The Labute approximate surface area is 133 Å². The fourth-order valence-electron chi connectivity index (χ4n) is 2.44. The third-order valence-corrected chi connectivity index (χ3v) is 3.61. The zero-order valence-corrected chi connectivity index (χ0v) is 12.6. The number of fused-ring (bicyclic) bond motifs is 1. The van der Waals surface area contributed by atoms with Gasteiger partial charge in [0.15, 0.2) is 6.10 Å². The average Bonchev–Trinajstić information content (AvgIpc) is 2.89. The summed E-state index contributed by atoms with van der Waals surface area (Å²) in [6, 6.07) is 1.30. The van der Waals surface area contributed by atoms with Crippen LogP contribution in [-0.4, -0.2) is 62.4 Å². The highest BCUT2D eigenvalue weighted by molar-refractivity contribution is 5.78. The van der Waals surface area contributed by atoms with Crippen molar-refractivity contribution in [2.24, 2.45) is 0 Å². The first-order valence-corrected chi connectivity index (χ1v) is 7.15. The Morgan fingerprint density at radius 1 is 1.46 bits per heavy atom. The van der Waals surface area contributed by atoms with E-state index in [1.54, 1.807) is 6.92 Å². The predicted molar refractivity (Wildman–Crippen MR) is 74.4 cm³/mol. The van der Waals surface area contributed by atoms with Gasteiger partial charge in [-0.25, -0.2) is 4.98 Å². The highest BCUT2D eigenvalue weighted by Gasteiger charge is 2.44. The van der Waals surface area contributed by atoms with Gasteiger partial charge in [-0.2, -0.15) is 22.7 Å². The molecule has 1 N–H and O–H groups in total. The van der Waals surface area contributed by atoms with Crippen LogP contribution in [0.4, 0.5) is 13.2 Å². The summed E-state index contributed by atoms with van der Waals surface area (Å²) in [7, 11) is 0. The minimum absolute atomic E-state index is 0.0724. The zero-order chi connectivity index (χ0) is 17.5. The lowest BCUT2D eigenvalue weighted by Gasteiger charge is -2.33. The molecule has 1 aliphatic heterocycles. The van der Waals surface area contributed by atoms with E-state index in [0.717, 1.165) is 9.42 Å². The van der Waals surface area contributed by atoms with Crippen molar-refractivity contribution in [3.05, 3.63) is 27.9 Å². The lowest BCUT2D eigenvalue weighted by atomic mass is 10.2. The fourth-order valence-corrected chi connectivity index (χ4v) is 2.44. The van der Waals surface area contributed by atoms with Crippen LogP contribution in [0.3, 0.4) is 0 Å². The third kappa shape index (κ3) is 3.25. The number of halogens is 3. The lowest BCUT2D eigenvalue weighted by Crippen LogP contribution is -2.51. The molecule has 0 spiro atoms. The van der Waals surface area contributed by atoms with Crippen LogP contribution in [0.5, 0.6) is 0 Å². The topological polar surface area (TPSA) is 92.6 Å². The van der Waals surface area contributed by atoms with Crippen molar-refractivity contribution < 1.29 is 22.7 Å². The lowest BCUT2D eigenvalue weighted by molar-refractivity contribution is -0.236. The number of hydrogen-bond acceptors (Lipinski definition) is 5. The second-order valence-electron chi connectivity index (χ2n) is 5.46. The molecule has 1 aliphatic rings. The van der Waals surface area contributed by atoms with Gasteiger partial charge in [-0.15, -0.1) is 0 Å². The number of alkyl halides is 3. The van der Waals surface area contributed by atoms with Gasteiger partial charge in [-0.05, 0) is 6.92 Å². The molecule has 0 radical (unpaired) electrons. The summed E-state index contributed by atoms with van der Waals surface area (Å²) in [4.78, 5) is 33.1. The van der Waals surface area contributed by atoms with Crippen LogP contribution < -0.4 is 5.56 Å². The molecular weight excluding hydrogens is 331 g/mol. The minimum Gasteiger partial charge on any atom is -0.365 e. The zero-order valence-electron chi connectivity index (χ0n) is 12.6. The summed E-state index contributed by atoms with van der Waals surface area (Å²) in [5.74, 6) is -0.264. The van der Waals surface area contributed by atoms with Crippen LogP contribution in [0.15, 0.2) is 10.9 Å². The first kappa shape index (κ1) is 16.4. The monoisotopic (exact) mass is 345 g/mol. The van der Waals surface area contributed by atoms with Crippen LogP contribution in [0.25, 0.3) is 5.78 Å². The Morgan fingerprint density at radius 2 is 2.21 bits per heavy atom. The Hall–Kier alpha value is -2.43. The molecule has 2 aromatic rings. The number of ether oxygens (including phenoxy) is 1. The van der Waals surface area contributed by atoms with Crippen molar-refractivity contribution in [3.8, 4) is 0 Å². The average molecular weight is 345 g/mol. The van der Waals surface area contributed by atoms with Gasteiger partial charge in [0.25, 0.3) is 11.3 Å². The molecule has 0 bridgehead atoms. The Morgan fingerprint density at radius 3 is 2.92 bits per heavy atom. The van der Waals surface area contributed by atoms with E-state index in [-0.39, 0.29) is 36.7 Å². The molecule has 24 heavy (non-hydrogen) atoms. The Kier molecular flexibility index (Phi) is 4.03. The van der Waals surface area contributed by atoms with Gasteiger partial charge in [0, 0.05) is 18.3 Å². The first-order chi connectivity index (χ1) is 11.2. The normalized spacial score (nSPS) is 19.0. The largest absolute Gasteiger partial charge is 0.416 e. The number of H-pyrrole nitrogens is 1. The molecule has 1 atom stereocenters. The van der Waals surface area contributed by atoms with Gasteiger partial charge in [-0.3, -0.25) is 14.7 Å². The molecule has 11 heteroatoms. The van der Waals surface area contributed by atoms with E-state index in [1.165, 1.54) is 6.07 Å². The Balaban J connectivity index is 1.75. The Bertz CT molecular complexity index is 828. The highest BCUT2D eigenvalue weighted by Crippen LogP contribution is 2.25. The number of hydrogen-bond donors (Lipinski definition) is 1. The van der Waals surface area contributed by atoms with Crippen LogP contribution in [0.1, 0.15) is 11.5 Å². The van der Waals surface area contributed by atoms with Crippen molar-refractivity contribution in [3.63, 3.8) is 0 Å². The molecule has 3 rings (SSSR count). The standard InChI is InChI=1S/C13H14F3N5O3/c1-7-4-11(23)21-12(17-7)18-9(19-21)5-10(22)20-2-3-24-8(6-20)13(14,15)16/h4,8H,2-3,5-6H2,1H3,(H,17,18,19)/t8-/m1/s1.